The fourth-order valence-corrected chi connectivity index (χ4v) is 8.85. The molecule has 0 aliphatic carbocycles. The highest BCUT2D eigenvalue weighted by atomic mass is 28.4. The highest BCUT2D eigenvalue weighted by molar-refractivity contribution is 6.71. The fraction of sp³-hybridized carbons (Fsp3) is 0.516. The van der Waals surface area contributed by atoms with Gasteiger partial charge in [0.15, 0.2) is 14.5 Å². The molecule has 0 aromatic heterocycles. The number of aliphatic hydroxyl groups excluding tert-OH is 1. The summed E-state index contributed by atoms with van der Waals surface area (Å²) >= 11 is 0. The van der Waals surface area contributed by atoms with Crippen LogP contribution >= 0.6 is 0 Å². The van der Waals surface area contributed by atoms with E-state index >= 15 is 0 Å². The van der Waals surface area contributed by atoms with Crippen LogP contribution in [0.1, 0.15) is 44.2 Å². The van der Waals surface area contributed by atoms with E-state index in [4.69, 9.17) is 9.47 Å². The van der Waals surface area contributed by atoms with Crippen molar-refractivity contribution in [2.45, 2.75) is 83.1 Å². The van der Waals surface area contributed by atoms with E-state index in [1.165, 1.54) is 11.8 Å². The van der Waals surface area contributed by atoms with Crippen molar-refractivity contribution in [2.24, 2.45) is 5.92 Å². The van der Waals surface area contributed by atoms with Gasteiger partial charge in [0.05, 0.1) is 31.7 Å². The molecule has 4 rings (SSSR count). The van der Waals surface area contributed by atoms with Crippen LogP contribution in [0.4, 0.5) is 5.69 Å². The van der Waals surface area contributed by atoms with Crippen LogP contribution in [0, 0.1) is 5.92 Å². The zero-order valence-corrected chi connectivity index (χ0v) is 25.4. The second-order valence-electron chi connectivity index (χ2n) is 11.7. The van der Waals surface area contributed by atoms with Crippen LogP contribution in [-0.4, -0.2) is 72.5 Å². The number of rotatable bonds is 12. The third-order valence-corrected chi connectivity index (χ3v) is 10.7. The number of aryl methyl sites for hydroxylation is 1. The van der Waals surface area contributed by atoms with Crippen molar-refractivity contribution < 1.29 is 33.8 Å². The molecule has 2 aromatic carbocycles. The predicted molar refractivity (Wildman–Crippen MR) is 157 cm³/mol. The smallest absolute Gasteiger partial charge is 0.304 e. The minimum Gasteiger partial charge on any atom is -0.441 e. The maximum absolute atomic E-state index is 13.4. The molecule has 2 N–H and O–H groups in total. The zero-order chi connectivity index (χ0) is 29.7. The number of benzene rings is 2. The van der Waals surface area contributed by atoms with Gasteiger partial charge in [0, 0.05) is 31.2 Å². The number of ether oxygens (including phenoxy) is 2. The molecule has 2 aliphatic heterocycles. The van der Waals surface area contributed by atoms with E-state index in [9.17, 15) is 24.3 Å². The molecule has 10 heteroatoms. The van der Waals surface area contributed by atoms with Crippen LogP contribution in [0.15, 0.2) is 54.6 Å². The Morgan fingerprint density at radius 3 is 2.34 bits per heavy atom. The number of esters is 1. The van der Waals surface area contributed by atoms with Gasteiger partial charge in [-0.1, -0.05) is 49.4 Å². The monoisotopic (exact) mass is 582 g/mol. The number of carbonyl (C=O) groups excluding carboxylic acids is 3. The third kappa shape index (κ3) is 7.62. The Bertz CT molecular complexity index is 1200. The molecule has 0 saturated carbocycles. The van der Waals surface area contributed by atoms with E-state index in [1.54, 1.807) is 4.90 Å². The Labute approximate surface area is 243 Å². The van der Waals surface area contributed by atoms with E-state index in [0.29, 0.717) is 12.2 Å². The third-order valence-electron chi connectivity index (χ3n) is 8.17. The van der Waals surface area contributed by atoms with E-state index < -0.39 is 20.5 Å². The number of β-lactam (4-membered cyclic amide) rings is 1. The first kappa shape index (κ1) is 30.9. The number of hydrogen-bond acceptors (Lipinski definition) is 7. The lowest BCUT2D eigenvalue weighted by Crippen LogP contribution is -2.54. The summed E-state index contributed by atoms with van der Waals surface area (Å²) in [6.07, 6.45) is 0.778. The number of nitrogens with zero attached hydrogens (tertiary/aromatic N) is 2. The van der Waals surface area contributed by atoms with Crippen molar-refractivity contribution in [1.29, 1.82) is 0 Å². The van der Waals surface area contributed by atoms with E-state index in [0.717, 1.165) is 24.0 Å². The zero-order valence-electron chi connectivity index (χ0n) is 24.4. The summed E-state index contributed by atoms with van der Waals surface area (Å²) in [5.41, 5.74) is 2.67. The summed E-state index contributed by atoms with van der Waals surface area (Å²) in [5, 5.41) is 9.60. The average Bonchev–Trinajstić information content (AvgIpc) is 3.22. The molecule has 9 nitrogen and oxygen atoms in total. The van der Waals surface area contributed by atoms with Crippen molar-refractivity contribution in [3.63, 3.8) is 0 Å². The first-order valence-corrected chi connectivity index (χ1v) is 17.4. The van der Waals surface area contributed by atoms with Crippen molar-refractivity contribution in [2.75, 3.05) is 18.1 Å². The summed E-state index contributed by atoms with van der Waals surface area (Å²) in [6.45, 7) is 7.78. The molecule has 2 aliphatic rings. The van der Waals surface area contributed by atoms with Crippen LogP contribution in [0.5, 0.6) is 0 Å². The number of amides is 2. The largest absolute Gasteiger partial charge is 0.441 e. The second kappa shape index (κ2) is 13.3. The molecule has 2 fully saturated rings. The highest BCUT2D eigenvalue weighted by Gasteiger charge is 2.50. The topological polar surface area (TPSA) is 117 Å². The number of hydrogen-bond donors (Lipinski definition) is 2. The van der Waals surface area contributed by atoms with Crippen molar-refractivity contribution >= 4 is 31.8 Å². The van der Waals surface area contributed by atoms with Gasteiger partial charge in [-0.25, -0.2) is 0 Å². The van der Waals surface area contributed by atoms with Gasteiger partial charge in [-0.05, 0) is 55.1 Å². The Morgan fingerprint density at radius 1 is 1.07 bits per heavy atom. The molecule has 0 bridgehead atoms. The summed E-state index contributed by atoms with van der Waals surface area (Å²) in [6, 6.07) is 17.3. The molecule has 222 valence electrons. The van der Waals surface area contributed by atoms with Crippen molar-refractivity contribution in [3.05, 3.63) is 65.7 Å². The molecular formula is C31H42N2O7Si. The summed E-state index contributed by atoms with van der Waals surface area (Å²) < 4.78 is 11.7. The van der Waals surface area contributed by atoms with Gasteiger partial charge in [0.2, 0.25) is 11.8 Å². The standard InChI is InChI=1S/C31H42N2O7Si/c1-21-26(15-12-23-10-13-25(14-11-23)33-29(37)19-30(33)39-22(2)35)40-27(31(21)41(3,4)38)18-28(36)32(16-17-34)20-24-8-6-5-7-9-24/h5-11,13-14,21,26-27,30-31,34,38H,12,15-20H2,1-4H3/t21-,26+,27-,30?,31+/m0/s1. The maximum atomic E-state index is 13.4. The molecule has 2 amide bonds. The average molecular weight is 583 g/mol. The molecule has 5 atom stereocenters. The lowest BCUT2D eigenvalue weighted by Gasteiger charge is -2.39. The van der Waals surface area contributed by atoms with Crippen LogP contribution < -0.4 is 4.90 Å². The Hall–Kier alpha value is -3.05. The molecule has 2 heterocycles. The molecule has 2 aromatic rings. The first-order valence-electron chi connectivity index (χ1n) is 14.4. The molecular weight excluding hydrogens is 540 g/mol. The van der Waals surface area contributed by atoms with Crippen molar-refractivity contribution in [3.8, 4) is 0 Å². The van der Waals surface area contributed by atoms with E-state index in [-0.39, 0.29) is 61.5 Å². The first-order chi connectivity index (χ1) is 19.5. The van der Waals surface area contributed by atoms with Crippen LogP contribution in [0.2, 0.25) is 18.6 Å². The van der Waals surface area contributed by atoms with Gasteiger partial charge in [-0.15, -0.1) is 0 Å². The summed E-state index contributed by atoms with van der Waals surface area (Å²) in [5.74, 6) is -0.505. The molecule has 0 radical (unpaired) electrons. The highest BCUT2D eigenvalue weighted by Crippen LogP contribution is 2.45. The summed E-state index contributed by atoms with van der Waals surface area (Å²) in [4.78, 5) is 51.1. The Kier molecular flexibility index (Phi) is 10.0. The Morgan fingerprint density at radius 2 is 1.76 bits per heavy atom. The second-order valence-corrected chi connectivity index (χ2v) is 15.7. The normalized spacial score (nSPS) is 24.2. The maximum Gasteiger partial charge on any atom is 0.304 e. The van der Waals surface area contributed by atoms with Gasteiger partial charge in [-0.3, -0.25) is 19.3 Å². The van der Waals surface area contributed by atoms with Crippen LogP contribution in [0.3, 0.4) is 0 Å². The molecule has 0 spiro atoms. The van der Waals surface area contributed by atoms with Crippen LogP contribution in [-0.2, 0) is 36.8 Å². The Balaban J connectivity index is 1.39. The molecule has 2 saturated heterocycles. The van der Waals surface area contributed by atoms with Gasteiger partial charge in [0.25, 0.3) is 0 Å². The number of aliphatic hydroxyl groups is 1. The van der Waals surface area contributed by atoms with Crippen molar-refractivity contribution in [1.82, 2.24) is 4.90 Å². The lowest BCUT2D eigenvalue weighted by molar-refractivity contribution is -0.154. The van der Waals surface area contributed by atoms with Gasteiger partial charge >= 0.3 is 5.97 Å². The predicted octanol–water partition coefficient (Wildman–Crippen LogP) is 3.63. The quantitative estimate of drug-likeness (QED) is 0.223. The number of carbonyl (C=O) groups is 3. The SMILES string of the molecule is CC(=O)OC1CC(=O)N1c1ccc(CC[C@H]2O[C@@H](CC(=O)N(CCO)Cc3ccccc3)[C@H]([Si](C)(C)O)[C@H]2C)cc1. The number of anilines is 1. The van der Waals surface area contributed by atoms with Gasteiger partial charge in [0.1, 0.15) is 0 Å². The molecule has 1 unspecified atom stereocenters. The lowest BCUT2D eigenvalue weighted by atomic mass is 9.95. The summed E-state index contributed by atoms with van der Waals surface area (Å²) in [7, 11) is -2.66. The van der Waals surface area contributed by atoms with E-state index in [1.807, 2.05) is 67.7 Å². The van der Waals surface area contributed by atoms with Crippen LogP contribution in [0.25, 0.3) is 0 Å². The fourth-order valence-electron chi connectivity index (χ4n) is 6.24. The van der Waals surface area contributed by atoms with E-state index in [2.05, 4.69) is 6.92 Å². The minimum atomic E-state index is -2.66. The van der Waals surface area contributed by atoms with Gasteiger partial charge in [-0.2, -0.15) is 0 Å². The molecule has 41 heavy (non-hydrogen) atoms. The minimum absolute atomic E-state index is 0.0825. The van der Waals surface area contributed by atoms with Gasteiger partial charge < -0.3 is 24.3 Å².